The Labute approximate surface area is 179 Å². The van der Waals surface area contributed by atoms with Gasteiger partial charge in [-0.25, -0.2) is 9.18 Å². The number of ether oxygens (including phenoxy) is 1. The lowest BCUT2D eigenvalue weighted by Crippen LogP contribution is -2.30. The Balaban J connectivity index is 1.31. The number of amides is 3. The molecule has 0 heterocycles. The molecule has 4 rings (SSSR count). The number of anilines is 2. The van der Waals surface area contributed by atoms with Gasteiger partial charge in [0.25, 0.3) is 5.91 Å². The van der Waals surface area contributed by atoms with Crippen LogP contribution in [0.15, 0.2) is 72.8 Å². The fourth-order valence-corrected chi connectivity index (χ4v) is 2.90. The van der Waals surface area contributed by atoms with Gasteiger partial charge in [0.05, 0.1) is 0 Å². The fraction of sp³-hybridized carbons (Fsp3) is 0.167. The van der Waals surface area contributed by atoms with Gasteiger partial charge in [-0.3, -0.25) is 4.79 Å². The predicted octanol–water partition coefficient (Wildman–Crippen LogP) is 4.94. The van der Waals surface area contributed by atoms with E-state index < -0.39 is 0 Å². The summed E-state index contributed by atoms with van der Waals surface area (Å²) in [5.41, 5.74) is 2.51. The van der Waals surface area contributed by atoms with Crippen LogP contribution in [0.3, 0.4) is 0 Å². The zero-order chi connectivity index (χ0) is 21.6. The summed E-state index contributed by atoms with van der Waals surface area (Å²) in [4.78, 5) is 24.3. The first-order chi connectivity index (χ1) is 15.0. The minimum Gasteiger partial charge on any atom is -0.489 e. The molecule has 0 radical (unpaired) electrons. The standard InChI is InChI=1S/C24H22FN3O3/c25-18-8-4-16(5-9-18)15-31-22-3-1-2-21(14-22)26-23(29)17-6-10-19(11-7-17)27-24(30)28-20-12-13-20/h1-11,14,20H,12-13,15H2,(H,26,29)(H2,27,28,30). The maximum absolute atomic E-state index is 13.0. The third kappa shape index (κ3) is 6.05. The quantitative estimate of drug-likeness (QED) is 0.507. The minimum atomic E-state index is -0.293. The van der Waals surface area contributed by atoms with Crippen molar-refractivity contribution in [3.63, 3.8) is 0 Å². The van der Waals surface area contributed by atoms with Gasteiger partial charge in [-0.15, -0.1) is 0 Å². The normalized spacial score (nSPS) is 12.7. The number of rotatable bonds is 7. The molecule has 0 unspecified atom stereocenters. The molecule has 6 nitrogen and oxygen atoms in total. The summed E-state index contributed by atoms with van der Waals surface area (Å²) >= 11 is 0. The van der Waals surface area contributed by atoms with Crippen molar-refractivity contribution in [3.05, 3.63) is 89.7 Å². The topological polar surface area (TPSA) is 79.5 Å². The Morgan fingerprint density at radius 3 is 2.35 bits per heavy atom. The van der Waals surface area contributed by atoms with E-state index in [1.165, 1.54) is 12.1 Å². The molecular formula is C24H22FN3O3. The Morgan fingerprint density at radius 2 is 1.65 bits per heavy atom. The van der Waals surface area contributed by atoms with Gasteiger partial charge in [-0.05, 0) is 66.9 Å². The molecule has 0 bridgehead atoms. The van der Waals surface area contributed by atoms with Crippen molar-refractivity contribution < 1.29 is 18.7 Å². The molecule has 1 aliphatic rings. The van der Waals surface area contributed by atoms with Crippen molar-refractivity contribution in [1.82, 2.24) is 5.32 Å². The second-order valence-corrected chi connectivity index (χ2v) is 7.35. The lowest BCUT2D eigenvalue weighted by Gasteiger charge is -2.10. The first-order valence-corrected chi connectivity index (χ1v) is 10.0. The highest BCUT2D eigenvalue weighted by molar-refractivity contribution is 6.04. The van der Waals surface area contributed by atoms with Crippen LogP contribution in [0.5, 0.6) is 5.75 Å². The van der Waals surface area contributed by atoms with Gasteiger partial charge in [0, 0.05) is 29.0 Å². The summed E-state index contributed by atoms with van der Waals surface area (Å²) < 4.78 is 18.7. The molecule has 31 heavy (non-hydrogen) atoms. The van der Waals surface area contributed by atoms with E-state index in [4.69, 9.17) is 4.74 Å². The SMILES string of the molecule is O=C(Nc1ccc(C(=O)Nc2cccc(OCc3ccc(F)cc3)c2)cc1)NC1CC1. The van der Waals surface area contributed by atoms with Crippen LogP contribution >= 0.6 is 0 Å². The van der Waals surface area contributed by atoms with Crippen molar-refractivity contribution in [2.45, 2.75) is 25.5 Å². The summed E-state index contributed by atoms with van der Waals surface area (Å²) in [6.07, 6.45) is 2.04. The molecule has 0 aromatic heterocycles. The maximum atomic E-state index is 13.0. The first-order valence-electron chi connectivity index (χ1n) is 10.0. The van der Waals surface area contributed by atoms with E-state index in [2.05, 4.69) is 16.0 Å². The van der Waals surface area contributed by atoms with E-state index in [1.54, 1.807) is 60.7 Å². The number of hydrogen-bond acceptors (Lipinski definition) is 3. The second kappa shape index (κ2) is 9.30. The molecule has 0 aliphatic heterocycles. The zero-order valence-corrected chi connectivity index (χ0v) is 16.7. The molecule has 0 saturated heterocycles. The Hall–Kier alpha value is -3.87. The molecule has 3 aromatic carbocycles. The minimum absolute atomic E-state index is 0.239. The summed E-state index contributed by atoms with van der Waals surface area (Å²) in [6, 6.07) is 19.8. The van der Waals surface area contributed by atoms with Crippen molar-refractivity contribution in [3.8, 4) is 5.75 Å². The molecule has 0 spiro atoms. The molecular weight excluding hydrogens is 397 g/mol. The van der Waals surface area contributed by atoms with Crippen molar-refractivity contribution in [2.75, 3.05) is 10.6 Å². The molecule has 1 saturated carbocycles. The number of carbonyl (C=O) groups is 2. The number of nitrogens with one attached hydrogen (secondary N) is 3. The first kappa shape index (κ1) is 20.4. The van der Waals surface area contributed by atoms with E-state index in [1.807, 2.05) is 0 Å². The van der Waals surface area contributed by atoms with E-state index in [0.29, 0.717) is 29.3 Å². The largest absolute Gasteiger partial charge is 0.489 e. The fourth-order valence-electron chi connectivity index (χ4n) is 2.90. The van der Waals surface area contributed by atoms with Crippen molar-refractivity contribution in [2.24, 2.45) is 0 Å². The van der Waals surface area contributed by atoms with Crippen LogP contribution in [-0.2, 0) is 6.61 Å². The Kier molecular flexibility index (Phi) is 6.12. The average Bonchev–Trinajstić information content (AvgIpc) is 3.58. The Morgan fingerprint density at radius 1 is 0.903 bits per heavy atom. The van der Waals surface area contributed by atoms with Crippen LogP contribution in [0.4, 0.5) is 20.6 Å². The van der Waals surface area contributed by atoms with Gasteiger partial charge in [-0.1, -0.05) is 18.2 Å². The summed E-state index contributed by atoms with van der Waals surface area (Å²) in [5.74, 6) is 0.0202. The van der Waals surface area contributed by atoms with E-state index in [-0.39, 0.29) is 23.8 Å². The molecule has 3 N–H and O–H groups in total. The van der Waals surface area contributed by atoms with Gasteiger partial charge in [-0.2, -0.15) is 0 Å². The van der Waals surface area contributed by atoms with Crippen molar-refractivity contribution in [1.29, 1.82) is 0 Å². The smallest absolute Gasteiger partial charge is 0.319 e. The molecule has 1 aliphatic carbocycles. The van der Waals surface area contributed by atoms with Crippen molar-refractivity contribution >= 4 is 23.3 Å². The van der Waals surface area contributed by atoms with E-state index in [0.717, 1.165) is 18.4 Å². The average molecular weight is 419 g/mol. The molecule has 7 heteroatoms. The third-order valence-corrected chi connectivity index (χ3v) is 4.73. The highest BCUT2D eigenvalue weighted by Crippen LogP contribution is 2.21. The monoisotopic (exact) mass is 419 g/mol. The highest BCUT2D eigenvalue weighted by Gasteiger charge is 2.23. The molecule has 3 amide bonds. The van der Waals surface area contributed by atoms with Gasteiger partial charge in [0.2, 0.25) is 0 Å². The van der Waals surface area contributed by atoms with Crippen LogP contribution in [0, 0.1) is 5.82 Å². The Bertz CT molecular complexity index is 1060. The number of urea groups is 1. The number of carbonyl (C=O) groups excluding carboxylic acids is 2. The van der Waals surface area contributed by atoms with E-state index in [9.17, 15) is 14.0 Å². The van der Waals surface area contributed by atoms with Crippen LogP contribution in [0.25, 0.3) is 0 Å². The van der Waals surface area contributed by atoms with Crippen LogP contribution in [-0.4, -0.2) is 18.0 Å². The number of halogens is 1. The molecule has 3 aromatic rings. The number of benzene rings is 3. The van der Waals surface area contributed by atoms with Gasteiger partial charge >= 0.3 is 6.03 Å². The maximum Gasteiger partial charge on any atom is 0.319 e. The van der Waals surface area contributed by atoms with Crippen LogP contribution in [0.2, 0.25) is 0 Å². The predicted molar refractivity (Wildman–Crippen MR) is 117 cm³/mol. The van der Waals surface area contributed by atoms with E-state index >= 15 is 0 Å². The van der Waals surface area contributed by atoms with Gasteiger partial charge in [0.1, 0.15) is 18.2 Å². The van der Waals surface area contributed by atoms with Gasteiger partial charge < -0.3 is 20.7 Å². The van der Waals surface area contributed by atoms with Gasteiger partial charge in [0.15, 0.2) is 0 Å². The second-order valence-electron chi connectivity index (χ2n) is 7.35. The molecule has 1 fully saturated rings. The number of hydrogen-bond donors (Lipinski definition) is 3. The molecule has 0 atom stereocenters. The van der Waals surface area contributed by atoms with Crippen LogP contribution < -0.4 is 20.7 Å². The summed E-state index contributed by atoms with van der Waals surface area (Å²) in [6.45, 7) is 0.292. The summed E-state index contributed by atoms with van der Waals surface area (Å²) in [7, 11) is 0. The lowest BCUT2D eigenvalue weighted by atomic mass is 10.2. The molecule has 158 valence electrons. The third-order valence-electron chi connectivity index (χ3n) is 4.73. The lowest BCUT2D eigenvalue weighted by molar-refractivity contribution is 0.102. The highest BCUT2D eigenvalue weighted by atomic mass is 19.1. The summed E-state index contributed by atoms with van der Waals surface area (Å²) in [5, 5.41) is 8.42. The van der Waals surface area contributed by atoms with Crippen LogP contribution in [0.1, 0.15) is 28.8 Å². The zero-order valence-electron chi connectivity index (χ0n) is 16.7.